The first kappa shape index (κ1) is 31.3. The largest absolute Gasteiger partial charge is 0.497 e. The van der Waals surface area contributed by atoms with E-state index in [1.165, 1.54) is 60.9 Å². The van der Waals surface area contributed by atoms with E-state index in [2.05, 4.69) is 16.8 Å². The Kier molecular flexibility index (Phi) is 9.05. The maximum Gasteiger partial charge on any atom is 0.344 e. The highest BCUT2D eigenvalue weighted by Crippen LogP contribution is 2.30. The highest BCUT2D eigenvalue weighted by Gasteiger charge is 2.36. The lowest BCUT2D eigenvalue weighted by Crippen LogP contribution is -2.53. The second-order valence-electron chi connectivity index (χ2n) is 11.9. The van der Waals surface area contributed by atoms with Gasteiger partial charge in [0.2, 0.25) is 0 Å². The van der Waals surface area contributed by atoms with E-state index < -0.39 is 21.8 Å². The zero-order valence-electron chi connectivity index (χ0n) is 25.5. The highest BCUT2D eigenvalue weighted by atomic mass is 35.5. The number of carbonyl (C=O) groups is 1. The molecular formula is C33H38ClN5O5S. The van der Waals surface area contributed by atoms with Gasteiger partial charge in [0.15, 0.2) is 0 Å². The number of ether oxygens (including phenoxy) is 1. The van der Waals surface area contributed by atoms with E-state index in [-0.39, 0.29) is 21.8 Å². The van der Waals surface area contributed by atoms with Crippen molar-refractivity contribution in [3.8, 4) is 5.75 Å². The lowest BCUT2D eigenvalue weighted by atomic mass is 9.97. The minimum absolute atomic E-state index is 0.0812. The summed E-state index contributed by atoms with van der Waals surface area (Å²) in [5.74, 6) is 0.836. The Morgan fingerprint density at radius 3 is 2.33 bits per heavy atom. The molecule has 0 radical (unpaired) electrons. The summed E-state index contributed by atoms with van der Waals surface area (Å²) >= 11 is 6.41. The first-order valence-corrected chi connectivity index (χ1v) is 17.1. The molecule has 2 aliphatic heterocycles. The Morgan fingerprint density at radius 1 is 0.956 bits per heavy atom. The monoisotopic (exact) mass is 651 g/mol. The molecule has 0 bridgehead atoms. The van der Waals surface area contributed by atoms with Gasteiger partial charge < -0.3 is 14.5 Å². The Labute approximate surface area is 268 Å². The molecule has 3 heterocycles. The smallest absolute Gasteiger partial charge is 0.344 e. The van der Waals surface area contributed by atoms with E-state index in [1.54, 1.807) is 35.2 Å². The van der Waals surface area contributed by atoms with Crippen molar-refractivity contribution in [2.75, 3.05) is 60.0 Å². The van der Waals surface area contributed by atoms with Crippen LogP contribution in [0.15, 0.2) is 82.5 Å². The number of carbonyl (C=O) groups excluding carboxylic acids is 1. The van der Waals surface area contributed by atoms with Crippen molar-refractivity contribution in [1.29, 1.82) is 0 Å². The number of aromatic nitrogens is 2. The number of piperidine rings is 1. The molecule has 238 valence electrons. The Hall–Kier alpha value is -3.64. The summed E-state index contributed by atoms with van der Waals surface area (Å²) in [5.41, 5.74) is 0.131. The average molecular weight is 652 g/mol. The molecule has 45 heavy (non-hydrogen) atoms. The standard InChI is InChI=1S/C33H38ClN5O5S/c1-35-16-6-7-24(22-35)23-36-17-19-37(20-18-36)32(40)31(25-8-4-3-5-9-25)38-30-21-26(34)10-15-29(30)39(33(38)41)45(42,43)28-13-11-27(44-2)12-14-28/h3-5,8-15,21,24,31H,6-7,16-20,22-23H2,1-2H3. The van der Waals surface area contributed by atoms with Gasteiger partial charge in [-0.1, -0.05) is 41.9 Å². The van der Waals surface area contributed by atoms with Crippen LogP contribution in [-0.4, -0.2) is 97.5 Å². The van der Waals surface area contributed by atoms with Crippen molar-refractivity contribution in [2.45, 2.75) is 23.8 Å². The van der Waals surface area contributed by atoms with Crippen molar-refractivity contribution in [3.05, 3.63) is 93.9 Å². The summed E-state index contributed by atoms with van der Waals surface area (Å²) in [6, 6.07) is 18.4. The van der Waals surface area contributed by atoms with Gasteiger partial charge in [-0.3, -0.25) is 14.3 Å². The number of likely N-dealkylation sites (tertiary alicyclic amines) is 1. The molecule has 1 amide bonds. The van der Waals surface area contributed by atoms with Crippen LogP contribution in [0.2, 0.25) is 5.02 Å². The third-order valence-corrected chi connectivity index (χ3v) is 10.9. The zero-order valence-corrected chi connectivity index (χ0v) is 27.1. The van der Waals surface area contributed by atoms with Crippen molar-refractivity contribution < 1.29 is 17.9 Å². The molecule has 0 spiro atoms. The number of rotatable bonds is 8. The summed E-state index contributed by atoms with van der Waals surface area (Å²) in [6.45, 7) is 5.74. The van der Waals surface area contributed by atoms with Crippen LogP contribution in [0.1, 0.15) is 24.4 Å². The predicted molar refractivity (Wildman–Crippen MR) is 175 cm³/mol. The lowest BCUT2D eigenvalue weighted by molar-refractivity contribution is -0.135. The molecule has 0 aliphatic carbocycles. The van der Waals surface area contributed by atoms with E-state index >= 15 is 0 Å². The van der Waals surface area contributed by atoms with Crippen LogP contribution in [0.4, 0.5) is 0 Å². The number of nitrogens with zero attached hydrogens (tertiary/aromatic N) is 5. The topological polar surface area (TPSA) is 97.1 Å². The number of imidazole rings is 1. The van der Waals surface area contributed by atoms with Gasteiger partial charge >= 0.3 is 5.69 Å². The quantitative estimate of drug-likeness (QED) is 0.286. The summed E-state index contributed by atoms with van der Waals surface area (Å²) in [6.07, 6.45) is 2.42. The van der Waals surface area contributed by atoms with Crippen molar-refractivity contribution >= 4 is 38.6 Å². The van der Waals surface area contributed by atoms with E-state index in [1.807, 2.05) is 6.07 Å². The molecule has 4 aromatic rings. The molecular weight excluding hydrogens is 614 g/mol. The molecule has 0 N–H and O–H groups in total. The molecule has 0 saturated carbocycles. The van der Waals surface area contributed by atoms with Crippen molar-refractivity contribution in [3.63, 3.8) is 0 Å². The summed E-state index contributed by atoms with van der Waals surface area (Å²) in [7, 11) is -0.700. The Bertz CT molecular complexity index is 1830. The molecule has 2 fully saturated rings. The van der Waals surface area contributed by atoms with Gasteiger partial charge in [0.25, 0.3) is 15.9 Å². The van der Waals surface area contributed by atoms with E-state index in [4.69, 9.17) is 16.3 Å². The van der Waals surface area contributed by atoms with Crippen LogP contribution in [0.3, 0.4) is 0 Å². The molecule has 2 unspecified atom stereocenters. The SMILES string of the molecule is COc1ccc(S(=O)(=O)n2c(=O)n(C(C(=O)N3CCN(CC4CCCN(C)C4)CC3)c3ccccc3)c3cc(Cl)ccc32)cc1. The molecule has 2 saturated heterocycles. The van der Waals surface area contributed by atoms with Gasteiger partial charge in [0.1, 0.15) is 11.8 Å². The van der Waals surface area contributed by atoms with Crippen LogP contribution in [0, 0.1) is 5.92 Å². The van der Waals surface area contributed by atoms with Gasteiger partial charge in [-0.25, -0.2) is 13.2 Å². The number of benzene rings is 3. The molecule has 6 rings (SSSR count). The van der Waals surface area contributed by atoms with Crippen LogP contribution < -0.4 is 10.4 Å². The predicted octanol–water partition coefficient (Wildman–Crippen LogP) is 3.78. The summed E-state index contributed by atoms with van der Waals surface area (Å²) < 4.78 is 35.2. The maximum absolute atomic E-state index is 14.5. The summed E-state index contributed by atoms with van der Waals surface area (Å²) in [4.78, 5) is 35.3. The van der Waals surface area contributed by atoms with Crippen LogP contribution in [0.5, 0.6) is 5.75 Å². The van der Waals surface area contributed by atoms with Crippen LogP contribution in [-0.2, 0) is 14.8 Å². The highest BCUT2D eigenvalue weighted by molar-refractivity contribution is 7.90. The molecule has 1 aromatic heterocycles. The molecule has 10 nitrogen and oxygen atoms in total. The van der Waals surface area contributed by atoms with Crippen molar-refractivity contribution in [2.24, 2.45) is 5.92 Å². The molecule has 2 atom stereocenters. The van der Waals surface area contributed by atoms with E-state index in [0.29, 0.717) is 35.3 Å². The number of hydrogen-bond acceptors (Lipinski definition) is 7. The van der Waals surface area contributed by atoms with Gasteiger partial charge in [0.05, 0.1) is 23.0 Å². The lowest BCUT2D eigenvalue weighted by Gasteiger charge is -2.39. The van der Waals surface area contributed by atoms with Crippen LogP contribution >= 0.6 is 11.6 Å². The minimum atomic E-state index is -4.36. The zero-order chi connectivity index (χ0) is 31.7. The fourth-order valence-electron chi connectivity index (χ4n) is 6.65. The van der Waals surface area contributed by atoms with Gasteiger partial charge in [-0.05, 0) is 80.4 Å². The van der Waals surface area contributed by atoms with Crippen molar-refractivity contribution in [1.82, 2.24) is 23.2 Å². The minimum Gasteiger partial charge on any atom is -0.497 e. The molecule has 2 aliphatic rings. The van der Waals surface area contributed by atoms with Crippen LogP contribution in [0.25, 0.3) is 11.0 Å². The van der Waals surface area contributed by atoms with Gasteiger partial charge in [-0.2, -0.15) is 3.97 Å². The number of halogens is 1. The first-order valence-electron chi connectivity index (χ1n) is 15.2. The molecule has 12 heteroatoms. The fourth-order valence-corrected chi connectivity index (χ4v) is 8.21. The normalized spacial score (nSPS) is 19.1. The maximum atomic E-state index is 14.5. The van der Waals surface area contributed by atoms with Gasteiger partial charge in [-0.15, -0.1) is 0 Å². The second-order valence-corrected chi connectivity index (χ2v) is 14.2. The van der Waals surface area contributed by atoms with E-state index in [9.17, 15) is 18.0 Å². The third kappa shape index (κ3) is 6.27. The van der Waals surface area contributed by atoms with E-state index in [0.717, 1.165) is 36.7 Å². The Morgan fingerprint density at radius 2 is 1.67 bits per heavy atom. The number of fused-ring (bicyclic) bond motifs is 1. The Balaban J connectivity index is 1.38. The summed E-state index contributed by atoms with van der Waals surface area (Å²) in [5, 5.41) is 0.316. The number of amides is 1. The second kappa shape index (κ2) is 13.0. The number of piperazine rings is 1. The number of methoxy groups -OCH3 is 1. The van der Waals surface area contributed by atoms with Gasteiger partial charge in [0, 0.05) is 44.3 Å². The number of hydrogen-bond donors (Lipinski definition) is 0. The average Bonchev–Trinajstić information content (AvgIpc) is 3.33. The fraction of sp³-hybridized carbons (Fsp3) is 0.394. The molecule has 3 aromatic carbocycles. The first-order chi connectivity index (χ1) is 21.7. The third-order valence-electron chi connectivity index (χ3n) is 8.92.